The highest BCUT2D eigenvalue weighted by atomic mass is 32.2. The monoisotopic (exact) mass is 312 g/mol. The van der Waals surface area contributed by atoms with Gasteiger partial charge in [-0.25, -0.2) is 13.1 Å². The number of fused-ring (bicyclic) bond motifs is 1. The Morgan fingerprint density at radius 3 is 2.90 bits per heavy atom. The number of nitrogens with one attached hydrogen (secondary N) is 1. The SMILES string of the molecule is CC(C)OCCS(=O)(=O)NC1CCCc2cc(N)ccc21. The Hall–Kier alpha value is -1.11. The molecule has 0 fully saturated rings. The Morgan fingerprint density at radius 2 is 2.19 bits per heavy atom. The smallest absolute Gasteiger partial charge is 0.214 e. The van der Waals surface area contributed by atoms with Gasteiger partial charge in [0, 0.05) is 11.7 Å². The van der Waals surface area contributed by atoms with Crippen molar-refractivity contribution in [3.8, 4) is 0 Å². The molecule has 0 heterocycles. The first-order valence-corrected chi connectivity index (χ1v) is 9.02. The van der Waals surface area contributed by atoms with Crippen molar-refractivity contribution in [1.29, 1.82) is 0 Å². The molecule has 5 nitrogen and oxygen atoms in total. The normalized spacial score (nSPS) is 18.7. The number of nitrogens with two attached hydrogens (primary N) is 1. The van der Waals surface area contributed by atoms with Crippen LogP contribution >= 0.6 is 0 Å². The number of rotatable bonds is 6. The van der Waals surface area contributed by atoms with Gasteiger partial charge in [0.25, 0.3) is 0 Å². The molecular formula is C15H24N2O3S. The number of anilines is 1. The molecule has 0 aromatic heterocycles. The Labute approximate surface area is 126 Å². The maximum Gasteiger partial charge on any atom is 0.214 e. The average molecular weight is 312 g/mol. The lowest BCUT2D eigenvalue weighted by molar-refractivity contribution is 0.0911. The summed E-state index contributed by atoms with van der Waals surface area (Å²) in [6, 6.07) is 5.55. The van der Waals surface area contributed by atoms with E-state index in [9.17, 15) is 8.42 Å². The molecule has 118 valence electrons. The largest absolute Gasteiger partial charge is 0.399 e. The van der Waals surface area contributed by atoms with Crippen molar-refractivity contribution in [2.24, 2.45) is 0 Å². The molecule has 1 aromatic rings. The van der Waals surface area contributed by atoms with Crippen LogP contribution in [-0.4, -0.2) is 26.9 Å². The van der Waals surface area contributed by atoms with E-state index in [1.807, 2.05) is 32.0 Å². The number of sulfonamides is 1. The summed E-state index contributed by atoms with van der Waals surface area (Å²) in [5.41, 5.74) is 8.71. The van der Waals surface area contributed by atoms with Crippen molar-refractivity contribution in [2.45, 2.75) is 45.3 Å². The van der Waals surface area contributed by atoms with Crippen molar-refractivity contribution in [3.63, 3.8) is 0 Å². The molecule has 0 spiro atoms. The van der Waals surface area contributed by atoms with E-state index in [2.05, 4.69) is 4.72 Å². The second-order valence-corrected chi connectivity index (χ2v) is 7.63. The molecule has 1 aliphatic carbocycles. The van der Waals surface area contributed by atoms with Crippen LogP contribution < -0.4 is 10.5 Å². The number of ether oxygens (including phenoxy) is 1. The van der Waals surface area contributed by atoms with Gasteiger partial charge < -0.3 is 10.5 Å². The van der Waals surface area contributed by atoms with E-state index in [1.54, 1.807) is 0 Å². The van der Waals surface area contributed by atoms with Gasteiger partial charge in [-0.3, -0.25) is 0 Å². The minimum Gasteiger partial charge on any atom is -0.399 e. The van der Waals surface area contributed by atoms with E-state index in [0.29, 0.717) is 0 Å². The number of aryl methyl sites for hydroxylation is 1. The van der Waals surface area contributed by atoms with Crippen molar-refractivity contribution in [2.75, 3.05) is 18.1 Å². The Bertz CT molecular complexity index is 585. The highest BCUT2D eigenvalue weighted by Gasteiger charge is 2.24. The summed E-state index contributed by atoms with van der Waals surface area (Å²) >= 11 is 0. The van der Waals surface area contributed by atoms with Crippen molar-refractivity contribution in [1.82, 2.24) is 4.72 Å². The lowest BCUT2D eigenvalue weighted by Gasteiger charge is -2.26. The van der Waals surface area contributed by atoms with Crippen LogP contribution in [0.25, 0.3) is 0 Å². The van der Waals surface area contributed by atoms with Crippen LogP contribution in [0, 0.1) is 0 Å². The van der Waals surface area contributed by atoms with Gasteiger partial charge in [0.15, 0.2) is 0 Å². The van der Waals surface area contributed by atoms with Crippen LogP contribution in [0.5, 0.6) is 0 Å². The lowest BCUT2D eigenvalue weighted by Crippen LogP contribution is -2.34. The highest BCUT2D eigenvalue weighted by molar-refractivity contribution is 7.89. The van der Waals surface area contributed by atoms with Gasteiger partial charge in [0.2, 0.25) is 10.0 Å². The van der Waals surface area contributed by atoms with Crippen LogP contribution in [0.1, 0.15) is 43.9 Å². The first kappa shape index (κ1) is 16.3. The Morgan fingerprint density at radius 1 is 1.43 bits per heavy atom. The third-order valence-corrected chi connectivity index (χ3v) is 4.95. The molecule has 2 rings (SSSR count). The molecule has 0 bridgehead atoms. The van der Waals surface area contributed by atoms with Gasteiger partial charge in [0.05, 0.1) is 18.5 Å². The van der Waals surface area contributed by atoms with Crippen molar-refractivity contribution >= 4 is 15.7 Å². The zero-order valence-corrected chi connectivity index (χ0v) is 13.4. The lowest BCUT2D eigenvalue weighted by atomic mass is 9.88. The van der Waals surface area contributed by atoms with E-state index in [4.69, 9.17) is 10.5 Å². The van der Waals surface area contributed by atoms with Crippen molar-refractivity contribution in [3.05, 3.63) is 29.3 Å². The molecule has 1 aromatic carbocycles. The fourth-order valence-corrected chi connectivity index (χ4v) is 3.74. The summed E-state index contributed by atoms with van der Waals surface area (Å²) in [5.74, 6) is -0.00795. The number of nitrogen functional groups attached to an aromatic ring is 1. The topological polar surface area (TPSA) is 81.4 Å². The van der Waals surface area contributed by atoms with Gasteiger partial charge >= 0.3 is 0 Å². The standard InChI is InChI=1S/C15H24N2O3S/c1-11(2)20-8-9-21(18,19)17-15-5-3-4-12-10-13(16)6-7-14(12)15/h6-7,10-11,15,17H,3-5,8-9,16H2,1-2H3. The molecule has 21 heavy (non-hydrogen) atoms. The van der Waals surface area contributed by atoms with Gasteiger partial charge in [-0.1, -0.05) is 6.07 Å². The Balaban J connectivity index is 2.04. The fourth-order valence-electron chi connectivity index (χ4n) is 2.63. The van der Waals surface area contributed by atoms with Crippen molar-refractivity contribution < 1.29 is 13.2 Å². The first-order chi connectivity index (χ1) is 9.87. The van der Waals surface area contributed by atoms with Crippen LogP contribution in [-0.2, 0) is 21.2 Å². The van der Waals surface area contributed by atoms with Gasteiger partial charge in [-0.15, -0.1) is 0 Å². The molecule has 6 heteroatoms. The van der Waals surface area contributed by atoms with Gasteiger partial charge in [-0.05, 0) is 56.4 Å². The molecule has 0 aliphatic heterocycles. The molecule has 1 aliphatic rings. The number of hydrogen-bond acceptors (Lipinski definition) is 4. The first-order valence-electron chi connectivity index (χ1n) is 7.37. The van der Waals surface area contributed by atoms with E-state index < -0.39 is 10.0 Å². The third-order valence-electron chi connectivity index (χ3n) is 3.61. The molecule has 1 unspecified atom stereocenters. The molecule has 0 saturated heterocycles. The second kappa shape index (κ2) is 6.77. The zero-order chi connectivity index (χ0) is 15.5. The molecule has 0 radical (unpaired) electrons. The van der Waals surface area contributed by atoms with E-state index >= 15 is 0 Å². The van der Waals surface area contributed by atoms with Crippen LogP contribution in [0.3, 0.4) is 0 Å². The van der Waals surface area contributed by atoms with Crippen LogP contribution in [0.2, 0.25) is 0 Å². The molecule has 3 N–H and O–H groups in total. The average Bonchev–Trinajstić information content (AvgIpc) is 2.37. The zero-order valence-electron chi connectivity index (χ0n) is 12.6. The summed E-state index contributed by atoms with van der Waals surface area (Å²) in [6.07, 6.45) is 2.78. The summed E-state index contributed by atoms with van der Waals surface area (Å²) in [7, 11) is -3.34. The predicted molar refractivity (Wildman–Crippen MR) is 84.5 cm³/mol. The number of hydrogen-bond donors (Lipinski definition) is 2. The maximum absolute atomic E-state index is 12.1. The maximum atomic E-state index is 12.1. The summed E-state index contributed by atoms with van der Waals surface area (Å²) in [6.45, 7) is 4.00. The van der Waals surface area contributed by atoms with E-state index in [1.165, 1.54) is 0 Å². The summed E-state index contributed by atoms with van der Waals surface area (Å²) < 4.78 is 32.4. The van der Waals surface area contributed by atoms with E-state index in [0.717, 1.165) is 36.1 Å². The summed E-state index contributed by atoms with van der Waals surface area (Å²) in [5, 5.41) is 0. The highest BCUT2D eigenvalue weighted by Crippen LogP contribution is 2.31. The van der Waals surface area contributed by atoms with Crippen LogP contribution in [0.15, 0.2) is 18.2 Å². The minimum absolute atomic E-state index is 0.00795. The molecule has 0 amide bonds. The quantitative estimate of drug-likeness (QED) is 0.787. The molecule has 0 saturated carbocycles. The predicted octanol–water partition coefficient (Wildman–Crippen LogP) is 1.99. The second-order valence-electron chi connectivity index (χ2n) is 5.76. The Kier molecular flexibility index (Phi) is 5.24. The number of benzene rings is 1. The molecule has 1 atom stereocenters. The van der Waals surface area contributed by atoms with Crippen LogP contribution in [0.4, 0.5) is 5.69 Å². The van der Waals surface area contributed by atoms with E-state index in [-0.39, 0.29) is 24.5 Å². The fraction of sp³-hybridized carbons (Fsp3) is 0.600. The third kappa shape index (κ3) is 4.69. The minimum atomic E-state index is -3.34. The van der Waals surface area contributed by atoms with Gasteiger partial charge in [-0.2, -0.15) is 0 Å². The van der Waals surface area contributed by atoms with Gasteiger partial charge in [0.1, 0.15) is 0 Å². The molecular weight excluding hydrogens is 288 g/mol. The summed E-state index contributed by atoms with van der Waals surface area (Å²) in [4.78, 5) is 0.